The number of benzene rings is 3. The molecule has 1 heterocycles. The molecule has 4 heteroatoms. The zero-order chi connectivity index (χ0) is 24.6. The highest BCUT2D eigenvalue weighted by molar-refractivity contribution is 6.04. The molecule has 0 radical (unpaired) electrons. The zero-order valence-electron chi connectivity index (χ0n) is 20.6. The number of carbonyl (C=O) groups is 1. The average molecular weight is 468 g/mol. The lowest BCUT2D eigenvalue weighted by Gasteiger charge is -2.10. The van der Waals surface area contributed by atoms with E-state index in [9.17, 15) is 9.90 Å². The van der Waals surface area contributed by atoms with Crippen molar-refractivity contribution in [1.29, 1.82) is 0 Å². The van der Waals surface area contributed by atoms with E-state index in [1.807, 2.05) is 61.5 Å². The number of carboxylic acid groups (broad SMARTS) is 1. The van der Waals surface area contributed by atoms with E-state index in [-0.39, 0.29) is 5.56 Å². The number of ether oxygens (including phenoxy) is 1. The summed E-state index contributed by atoms with van der Waals surface area (Å²) in [6.45, 7) is 4.95. The van der Waals surface area contributed by atoms with Crippen molar-refractivity contribution in [2.75, 3.05) is 6.61 Å². The van der Waals surface area contributed by atoms with Gasteiger partial charge < -0.3 is 9.84 Å². The molecule has 4 aromatic rings. The van der Waals surface area contributed by atoms with Crippen molar-refractivity contribution in [3.63, 3.8) is 0 Å². The number of pyridine rings is 1. The second-order valence-corrected chi connectivity index (χ2v) is 9.10. The molecular weight excluding hydrogens is 434 g/mol. The van der Waals surface area contributed by atoms with Gasteiger partial charge in [-0.1, -0.05) is 87.1 Å². The predicted molar refractivity (Wildman–Crippen MR) is 143 cm³/mol. The highest BCUT2D eigenvalue weighted by Gasteiger charge is 2.13. The van der Waals surface area contributed by atoms with Crippen LogP contribution >= 0.6 is 0 Å². The fourth-order valence-corrected chi connectivity index (χ4v) is 4.31. The van der Waals surface area contributed by atoms with Crippen LogP contribution in [0.5, 0.6) is 5.75 Å². The van der Waals surface area contributed by atoms with Gasteiger partial charge in [0, 0.05) is 10.9 Å². The maximum Gasteiger partial charge on any atom is 0.336 e. The van der Waals surface area contributed by atoms with E-state index in [2.05, 4.69) is 19.1 Å². The first-order valence-electron chi connectivity index (χ1n) is 12.5. The Morgan fingerprint density at radius 1 is 0.800 bits per heavy atom. The Morgan fingerprint density at radius 2 is 1.43 bits per heavy atom. The van der Waals surface area contributed by atoms with Crippen LogP contribution in [0.15, 0.2) is 72.8 Å². The molecule has 4 rings (SSSR count). The van der Waals surface area contributed by atoms with Crippen molar-refractivity contribution >= 4 is 16.9 Å². The van der Waals surface area contributed by atoms with Gasteiger partial charge in [0.25, 0.3) is 0 Å². The summed E-state index contributed by atoms with van der Waals surface area (Å²) in [6, 6.07) is 23.6. The van der Waals surface area contributed by atoms with Gasteiger partial charge in [-0.25, -0.2) is 9.78 Å². The molecule has 0 aliphatic rings. The SMILES string of the molecule is CCCCCCCCOc1ccc(-c2ccc(-c3cc(C(=O)O)c4cc(C)ccc4n3)cc2)cc1. The molecule has 1 aromatic heterocycles. The Hall–Kier alpha value is -3.66. The zero-order valence-corrected chi connectivity index (χ0v) is 20.6. The summed E-state index contributed by atoms with van der Waals surface area (Å²) in [4.78, 5) is 16.6. The summed E-state index contributed by atoms with van der Waals surface area (Å²) >= 11 is 0. The molecule has 0 aliphatic carbocycles. The Bertz CT molecular complexity index is 1280. The van der Waals surface area contributed by atoms with Gasteiger partial charge in [0.2, 0.25) is 0 Å². The molecule has 0 aliphatic heterocycles. The van der Waals surface area contributed by atoms with E-state index in [0.717, 1.165) is 41.0 Å². The lowest BCUT2D eigenvalue weighted by Crippen LogP contribution is -2.00. The number of fused-ring (bicyclic) bond motifs is 1. The van der Waals surface area contributed by atoms with Crippen LogP contribution in [0.25, 0.3) is 33.3 Å². The van der Waals surface area contributed by atoms with Crippen molar-refractivity contribution in [2.45, 2.75) is 52.4 Å². The molecule has 3 aromatic carbocycles. The summed E-state index contributed by atoms with van der Waals surface area (Å²) in [7, 11) is 0. The molecule has 0 unspecified atom stereocenters. The Labute approximate surface area is 207 Å². The maximum atomic E-state index is 11.9. The minimum Gasteiger partial charge on any atom is -0.494 e. The molecule has 0 fully saturated rings. The fraction of sp³-hybridized carbons (Fsp3) is 0.290. The molecule has 0 amide bonds. The molecule has 0 bridgehead atoms. The van der Waals surface area contributed by atoms with Crippen LogP contribution in [0.2, 0.25) is 0 Å². The third-order valence-electron chi connectivity index (χ3n) is 6.33. The predicted octanol–water partition coefficient (Wildman–Crippen LogP) is 8.31. The number of rotatable bonds is 11. The second kappa shape index (κ2) is 11.7. The van der Waals surface area contributed by atoms with Gasteiger partial charge in [-0.15, -0.1) is 0 Å². The van der Waals surface area contributed by atoms with Crippen LogP contribution in [0, 0.1) is 6.92 Å². The Balaban J connectivity index is 1.43. The third kappa shape index (κ3) is 6.27. The highest BCUT2D eigenvalue weighted by Crippen LogP contribution is 2.29. The molecule has 35 heavy (non-hydrogen) atoms. The topological polar surface area (TPSA) is 59.4 Å². The first kappa shape index (κ1) is 24.5. The number of carboxylic acids is 1. The van der Waals surface area contributed by atoms with Gasteiger partial charge in [0.15, 0.2) is 0 Å². The summed E-state index contributed by atoms with van der Waals surface area (Å²) < 4.78 is 5.90. The third-order valence-corrected chi connectivity index (χ3v) is 6.33. The number of hydrogen-bond donors (Lipinski definition) is 1. The van der Waals surface area contributed by atoms with Crippen LogP contribution in [0.1, 0.15) is 61.4 Å². The number of unbranched alkanes of at least 4 members (excludes halogenated alkanes) is 5. The van der Waals surface area contributed by atoms with Gasteiger partial charge in [-0.05, 0) is 54.8 Å². The van der Waals surface area contributed by atoms with Gasteiger partial charge >= 0.3 is 5.97 Å². The number of nitrogens with zero attached hydrogens (tertiary/aromatic N) is 1. The van der Waals surface area contributed by atoms with Gasteiger partial charge in [0.1, 0.15) is 5.75 Å². The van der Waals surface area contributed by atoms with Crippen molar-refractivity contribution in [1.82, 2.24) is 4.98 Å². The van der Waals surface area contributed by atoms with Crippen LogP contribution in [-0.2, 0) is 0 Å². The lowest BCUT2D eigenvalue weighted by atomic mass is 10.00. The molecule has 0 saturated carbocycles. The van der Waals surface area contributed by atoms with Crippen LogP contribution in [0.3, 0.4) is 0 Å². The van der Waals surface area contributed by atoms with Crippen LogP contribution in [0.4, 0.5) is 0 Å². The van der Waals surface area contributed by atoms with E-state index in [0.29, 0.717) is 16.6 Å². The van der Waals surface area contributed by atoms with Crippen molar-refractivity contribution in [3.05, 3.63) is 83.9 Å². The maximum absolute atomic E-state index is 11.9. The minimum atomic E-state index is -0.945. The molecule has 1 N–H and O–H groups in total. The molecule has 0 saturated heterocycles. The largest absolute Gasteiger partial charge is 0.494 e. The van der Waals surface area contributed by atoms with E-state index >= 15 is 0 Å². The standard InChI is InChI=1S/C31H33NO3/c1-3-4-5-6-7-8-19-35-26-16-14-24(15-17-26)23-10-12-25(13-11-23)30-21-28(31(33)34)27-20-22(2)9-18-29(27)32-30/h9-18,20-21H,3-8,19H2,1-2H3,(H,33,34). The number of hydrogen-bond acceptors (Lipinski definition) is 3. The minimum absolute atomic E-state index is 0.273. The average Bonchev–Trinajstić information content (AvgIpc) is 2.88. The van der Waals surface area contributed by atoms with E-state index in [1.54, 1.807) is 6.07 Å². The monoisotopic (exact) mass is 467 g/mol. The molecule has 180 valence electrons. The Kier molecular flexibility index (Phi) is 8.15. The molecular formula is C31H33NO3. The normalized spacial score (nSPS) is 11.0. The van der Waals surface area contributed by atoms with Gasteiger partial charge in [0.05, 0.1) is 23.4 Å². The van der Waals surface area contributed by atoms with Crippen LogP contribution in [-0.4, -0.2) is 22.7 Å². The van der Waals surface area contributed by atoms with E-state index in [1.165, 1.54) is 32.1 Å². The van der Waals surface area contributed by atoms with Crippen molar-refractivity contribution in [2.24, 2.45) is 0 Å². The molecule has 0 atom stereocenters. The Morgan fingerprint density at radius 3 is 2.11 bits per heavy atom. The number of aromatic carboxylic acids is 1. The van der Waals surface area contributed by atoms with Crippen molar-refractivity contribution < 1.29 is 14.6 Å². The molecule has 4 nitrogen and oxygen atoms in total. The number of aryl methyl sites for hydroxylation is 1. The lowest BCUT2D eigenvalue weighted by molar-refractivity contribution is 0.0699. The summed E-state index contributed by atoms with van der Waals surface area (Å²) in [5.41, 5.74) is 5.71. The van der Waals surface area contributed by atoms with Gasteiger partial charge in [-0.2, -0.15) is 0 Å². The fourth-order valence-electron chi connectivity index (χ4n) is 4.31. The van der Waals surface area contributed by atoms with Crippen molar-refractivity contribution in [3.8, 4) is 28.1 Å². The second-order valence-electron chi connectivity index (χ2n) is 9.10. The smallest absolute Gasteiger partial charge is 0.336 e. The van der Waals surface area contributed by atoms with Gasteiger partial charge in [-0.3, -0.25) is 0 Å². The molecule has 0 spiro atoms. The van der Waals surface area contributed by atoms with E-state index in [4.69, 9.17) is 9.72 Å². The summed E-state index contributed by atoms with van der Waals surface area (Å²) in [5, 5.41) is 10.4. The first-order valence-corrected chi connectivity index (χ1v) is 12.5. The summed E-state index contributed by atoms with van der Waals surface area (Å²) in [5.74, 6) is -0.0459. The van der Waals surface area contributed by atoms with Crippen LogP contribution < -0.4 is 4.74 Å². The van der Waals surface area contributed by atoms with E-state index < -0.39 is 5.97 Å². The first-order chi connectivity index (χ1) is 17.0. The number of aromatic nitrogens is 1. The summed E-state index contributed by atoms with van der Waals surface area (Å²) in [6.07, 6.45) is 7.53. The highest BCUT2D eigenvalue weighted by atomic mass is 16.5. The quantitative estimate of drug-likeness (QED) is 0.225.